The molecule has 2 rings (SSSR count). The van der Waals surface area contributed by atoms with Crippen LogP contribution in [0.3, 0.4) is 0 Å². The Morgan fingerprint density at radius 1 is 1.24 bits per heavy atom. The zero-order valence-electron chi connectivity index (χ0n) is 15.7. The van der Waals surface area contributed by atoms with E-state index in [0.717, 1.165) is 24.1 Å². The average Bonchev–Trinajstić information content (AvgIpc) is 2.90. The van der Waals surface area contributed by atoms with Crippen molar-refractivity contribution < 1.29 is 9.90 Å². The summed E-state index contributed by atoms with van der Waals surface area (Å²) in [7, 11) is 1.97. The van der Waals surface area contributed by atoms with E-state index in [1.54, 1.807) is 6.92 Å². The van der Waals surface area contributed by atoms with Gasteiger partial charge in [0, 0.05) is 31.4 Å². The van der Waals surface area contributed by atoms with Gasteiger partial charge >= 0.3 is 5.97 Å². The summed E-state index contributed by atoms with van der Waals surface area (Å²) < 4.78 is 1.94. The molecule has 0 amide bonds. The minimum absolute atomic E-state index is 0.415. The Morgan fingerprint density at radius 3 is 2.48 bits per heavy atom. The third-order valence-corrected chi connectivity index (χ3v) is 4.80. The van der Waals surface area contributed by atoms with E-state index < -0.39 is 11.4 Å². The van der Waals surface area contributed by atoms with E-state index >= 15 is 0 Å². The predicted molar refractivity (Wildman–Crippen MR) is 99.6 cm³/mol. The minimum Gasteiger partial charge on any atom is -0.481 e. The molecule has 0 bridgehead atoms. The number of carbonyl (C=O) groups is 1. The van der Waals surface area contributed by atoms with Gasteiger partial charge in [-0.05, 0) is 31.7 Å². The third kappa shape index (κ3) is 4.48. The van der Waals surface area contributed by atoms with Crippen LogP contribution in [0.2, 0.25) is 0 Å². The van der Waals surface area contributed by atoms with Crippen molar-refractivity contribution in [2.24, 2.45) is 12.5 Å². The summed E-state index contributed by atoms with van der Waals surface area (Å²) in [4.78, 5) is 11.9. The van der Waals surface area contributed by atoms with Gasteiger partial charge in [-0.3, -0.25) is 9.48 Å². The van der Waals surface area contributed by atoms with Crippen LogP contribution in [0.25, 0.3) is 0 Å². The zero-order chi connectivity index (χ0) is 18.4. The second kappa shape index (κ2) is 8.30. The number of aliphatic carboxylic acids is 1. The quantitative estimate of drug-likeness (QED) is 0.734. The molecule has 0 aliphatic carbocycles. The van der Waals surface area contributed by atoms with Crippen LogP contribution >= 0.6 is 0 Å². The lowest BCUT2D eigenvalue weighted by Crippen LogP contribution is -2.40. The smallest absolute Gasteiger partial charge is 0.310 e. The molecule has 0 saturated heterocycles. The molecule has 1 unspecified atom stereocenters. The van der Waals surface area contributed by atoms with Crippen LogP contribution in [-0.2, 0) is 37.6 Å². The van der Waals surface area contributed by atoms with Crippen LogP contribution in [0.4, 0.5) is 0 Å². The van der Waals surface area contributed by atoms with Gasteiger partial charge in [-0.1, -0.05) is 44.2 Å². The molecular formula is C20H29N3O2. The summed E-state index contributed by atoms with van der Waals surface area (Å²) in [6, 6.07) is 9.80. The third-order valence-electron chi connectivity index (χ3n) is 4.80. The maximum Gasteiger partial charge on any atom is 0.310 e. The monoisotopic (exact) mass is 343 g/mol. The molecule has 0 saturated carbocycles. The Balaban J connectivity index is 2.09. The molecule has 0 spiro atoms. The van der Waals surface area contributed by atoms with E-state index in [-0.39, 0.29) is 0 Å². The summed E-state index contributed by atoms with van der Waals surface area (Å²) in [5.74, 6) is -0.776. The molecule has 0 radical (unpaired) electrons. The number of hydrogen-bond acceptors (Lipinski definition) is 3. The fourth-order valence-electron chi connectivity index (χ4n) is 3.32. The standard InChI is InChI=1S/C20H29N3O2/c1-5-17-16(18(6-2)23(4)22-17)13-21-14-20(3,19(24)25)12-15-10-8-7-9-11-15/h7-11,21H,5-6,12-14H2,1-4H3,(H,24,25). The first-order valence-corrected chi connectivity index (χ1v) is 8.93. The molecule has 1 heterocycles. The van der Waals surface area contributed by atoms with Gasteiger partial charge in [-0.25, -0.2) is 0 Å². The van der Waals surface area contributed by atoms with E-state index in [4.69, 9.17) is 0 Å². The van der Waals surface area contributed by atoms with Gasteiger partial charge in [0.2, 0.25) is 0 Å². The van der Waals surface area contributed by atoms with E-state index in [1.807, 2.05) is 42.1 Å². The largest absolute Gasteiger partial charge is 0.481 e. The number of carboxylic acids is 1. The second-order valence-corrected chi connectivity index (χ2v) is 6.83. The SMILES string of the molecule is CCc1nn(C)c(CC)c1CNCC(C)(Cc1ccccc1)C(=O)O. The lowest BCUT2D eigenvalue weighted by molar-refractivity contribution is -0.147. The van der Waals surface area contributed by atoms with E-state index in [9.17, 15) is 9.90 Å². The molecule has 1 aromatic carbocycles. The van der Waals surface area contributed by atoms with Gasteiger partial charge in [-0.2, -0.15) is 5.10 Å². The highest BCUT2D eigenvalue weighted by Crippen LogP contribution is 2.23. The van der Waals surface area contributed by atoms with Gasteiger partial charge in [-0.15, -0.1) is 0 Å². The maximum absolute atomic E-state index is 11.9. The summed E-state index contributed by atoms with van der Waals surface area (Å²) in [6.07, 6.45) is 2.30. The van der Waals surface area contributed by atoms with Crippen molar-refractivity contribution in [3.63, 3.8) is 0 Å². The molecule has 136 valence electrons. The normalized spacial score (nSPS) is 13.6. The number of carboxylic acid groups (broad SMARTS) is 1. The molecule has 0 aliphatic rings. The first-order valence-electron chi connectivity index (χ1n) is 8.93. The van der Waals surface area contributed by atoms with Crippen LogP contribution in [0.1, 0.15) is 43.3 Å². The fourth-order valence-corrected chi connectivity index (χ4v) is 3.32. The number of nitrogens with zero attached hydrogens (tertiary/aromatic N) is 2. The lowest BCUT2D eigenvalue weighted by atomic mass is 9.83. The Labute approximate surface area is 150 Å². The summed E-state index contributed by atoms with van der Waals surface area (Å²) in [5, 5.41) is 17.7. The van der Waals surface area contributed by atoms with Crippen molar-refractivity contribution in [1.29, 1.82) is 0 Å². The lowest BCUT2D eigenvalue weighted by Gasteiger charge is -2.25. The van der Waals surface area contributed by atoms with Gasteiger partial charge in [0.25, 0.3) is 0 Å². The van der Waals surface area contributed by atoms with Crippen molar-refractivity contribution >= 4 is 5.97 Å². The first kappa shape index (κ1) is 19.2. The van der Waals surface area contributed by atoms with Gasteiger partial charge in [0.15, 0.2) is 0 Å². The van der Waals surface area contributed by atoms with Crippen LogP contribution in [0.5, 0.6) is 0 Å². The molecule has 2 N–H and O–H groups in total. The molecule has 5 nitrogen and oxygen atoms in total. The highest BCUT2D eigenvalue weighted by molar-refractivity contribution is 5.75. The topological polar surface area (TPSA) is 67.2 Å². The molecule has 5 heteroatoms. The molecule has 0 aliphatic heterocycles. The Bertz CT molecular complexity index is 709. The van der Waals surface area contributed by atoms with Crippen molar-refractivity contribution in [3.8, 4) is 0 Å². The van der Waals surface area contributed by atoms with Crippen molar-refractivity contribution in [2.75, 3.05) is 6.54 Å². The van der Waals surface area contributed by atoms with Crippen LogP contribution < -0.4 is 5.32 Å². The fraction of sp³-hybridized carbons (Fsp3) is 0.500. The van der Waals surface area contributed by atoms with Crippen molar-refractivity contribution in [2.45, 2.75) is 46.6 Å². The van der Waals surface area contributed by atoms with Crippen LogP contribution in [0.15, 0.2) is 30.3 Å². The Kier molecular flexibility index (Phi) is 6.37. The minimum atomic E-state index is -0.845. The first-order chi connectivity index (χ1) is 11.9. The van der Waals surface area contributed by atoms with Gasteiger partial charge < -0.3 is 10.4 Å². The molecule has 2 aromatic rings. The molecule has 0 fully saturated rings. The number of nitrogens with one attached hydrogen (secondary N) is 1. The van der Waals surface area contributed by atoms with Gasteiger partial charge in [0.1, 0.15) is 0 Å². The average molecular weight is 343 g/mol. The maximum atomic E-state index is 11.9. The Morgan fingerprint density at radius 2 is 1.92 bits per heavy atom. The summed E-state index contributed by atoms with van der Waals surface area (Å²) in [5.41, 5.74) is 3.71. The molecule has 1 atom stereocenters. The van der Waals surface area contributed by atoms with Crippen LogP contribution in [-0.4, -0.2) is 27.4 Å². The number of benzene rings is 1. The second-order valence-electron chi connectivity index (χ2n) is 6.83. The molecule has 1 aromatic heterocycles. The number of aryl methyl sites for hydroxylation is 2. The van der Waals surface area contributed by atoms with E-state index in [1.165, 1.54) is 11.3 Å². The molecular weight excluding hydrogens is 314 g/mol. The summed E-state index contributed by atoms with van der Waals surface area (Å²) in [6.45, 7) is 7.09. The number of rotatable bonds is 9. The van der Waals surface area contributed by atoms with Crippen LogP contribution in [0, 0.1) is 5.41 Å². The van der Waals surface area contributed by atoms with Crippen molar-refractivity contribution in [3.05, 3.63) is 52.8 Å². The number of aromatic nitrogens is 2. The highest BCUT2D eigenvalue weighted by atomic mass is 16.4. The van der Waals surface area contributed by atoms with E-state index in [0.29, 0.717) is 19.5 Å². The zero-order valence-corrected chi connectivity index (χ0v) is 15.7. The van der Waals surface area contributed by atoms with Gasteiger partial charge in [0.05, 0.1) is 11.1 Å². The molecule has 25 heavy (non-hydrogen) atoms. The number of hydrogen-bond donors (Lipinski definition) is 2. The Hall–Kier alpha value is -2.14. The summed E-state index contributed by atoms with van der Waals surface area (Å²) >= 11 is 0. The van der Waals surface area contributed by atoms with Crippen molar-refractivity contribution in [1.82, 2.24) is 15.1 Å². The predicted octanol–water partition coefficient (Wildman–Crippen LogP) is 2.97. The highest BCUT2D eigenvalue weighted by Gasteiger charge is 2.33. The van der Waals surface area contributed by atoms with E-state index in [2.05, 4.69) is 24.3 Å².